The third-order valence-electron chi connectivity index (χ3n) is 13.9. The summed E-state index contributed by atoms with van der Waals surface area (Å²) in [6.07, 6.45) is 4.60. The summed E-state index contributed by atoms with van der Waals surface area (Å²) in [4.78, 5) is 51.4. The van der Waals surface area contributed by atoms with Gasteiger partial charge in [-0.25, -0.2) is 9.78 Å². The molecule has 3 aromatic heterocycles. The number of unbranched alkanes of at least 4 members (excludes halogenated alkanes) is 3. The Morgan fingerprint density at radius 3 is 2.12 bits per heavy atom. The number of benzene rings is 3. The van der Waals surface area contributed by atoms with Crippen LogP contribution in [0.25, 0.3) is 33.2 Å². The molecule has 2 N–H and O–H groups in total. The monoisotopic (exact) mass is 943 g/mol. The van der Waals surface area contributed by atoms with Gasteiger partial charge >= 0.3 is 18.0 Å². The molecule has 3 aliphatic rings. The van der Waals surface area contributed by atoms with Gasteiger partial charge in [0, 0.05) is 81.3 Å². The summed E-state index contributed by atoms with van der Waals surface area (Å²) in [5, 5.41) is 5.73. The van der Waals surface area contributed by atoms with Gasteiger partial charge in [0.05, 0.1) is 22.2 Å². The molecular weight excluding hydrogens is 889 g/mol. The first-order chi connectivity index (χ1) is 32.6. The van der Waals surface area contributed by atoms with Crippen LogP contribution >= 0.6 is 0 Å². The lowest BCUT2D eigenvalue weighted by Gasteiger charge is -2.34. The number of nitrogens with one attached hydrogen (secondary N) is 2. The number of amides is 2. The number of aromatic nitrogens is 5. The third kappa shape index (κ3) is 10.4. The van der Waals surface area contributed by atoms with Crippen LogP contribution in [0.1, 0.15) is 105 Å². The van der Waals surface area contributed by atoms with Crippen LogP contribution in [0.5, 0.6) is 0 Å². The SMILES string of the molecule is Cn1c(=O)n(C2CCC(=O)NC2=O)c2ccc(CCCCCCN3CCN(Cc4ccc(-c5cn(C6CCCCC6)c6nc(Nc7cc(C(F)(F)F)cc(C(F)(F)F)c7)ncc56)cc4)CC3)cc21. The number of anilines is 2. The predicted molar refractivity (Wildman–Crippen MR) is 247 cm³/mol. The number of piperidine rings is 1. The number of alkyl halides is 6. The van der Waals surface area contributed by atoms with E-state index in [4.69, 9.17) is 4.98 Å². The lowest BCUT2D eigenvalue weighted by molar-refractivity contribution is -0.143. The predicted octanol–water partition coefficient (Wildman–Crippen LogP) is 9.94. The van der Waals surface area contributed by atoms with Crippen molar-refractivity contribution < 1.29 is 35.9 Å². The molecule has 0 bridgehead atoms. The molecule has 5 heterocycles. The molecule has 6 aromatic rings. The molecule has 1 unspecified atom stereocenters. The zero-order valence-corrected chi connectivity index (χ0v) is 37.9. The van der Waals surface area contributed by atoms with Gasteiger partial charge in [0.25, 0.3) is 0 Å². The fourth-order valence-electron chi connectivity index (χ4n) is 10.1. The fourth-order valence-corrected chi connectivity index (χ4v) is 10.1. The number of rotatable bonds is 14. The Morgan fingerprint density at radius 2 is 1.43 bits per heavy atom. The molecule has 0 radical (unpaired) electrons. The number of halogens is 6. The van der Waals surface area contributed by atoms with Crippen molar-refractivity contribution >= 4 is 45.5 Å². The lowest BCUT2D eigenvalue weighted by atomic mass is 9.95. The summed E-state index contributed by atoms with van der Waals surface area (Å²) in [7, 11) is 1.72. The van der Waals surface area contributed by atoms with E-state index in [1.54, 1.807) is 17.8 Å². The Balaban J connectivity index is 0.767. The number of hydrogen-bond acceptors (Lipinski definition) is 8. The zero-order valence-electron chi connectivity index (χ0n) is 37.9. The van der Waals surface area contributed by atoms with Crippen LogP contribution in [-0.2, 0) is 42.0 Å². The third-order valence-corrected chi connectivity index (χ3v) is 13.9. The first-order valence-corrected chi connectivity index (χ1v) is 23.6. The van der Waals surface area contributed by atoms with Gasteiger partial charge in [-0.15, -0.1) is 0 Å². The van der Waals surface area contributed by atoms with Crippen molar-refractivity contribution in [1.29, 1.82) is 0 Å². The van der Waals surface area contributed by atoms with E-state index in [0.29, 0.717) is 29.7 Å². The minimum absolute atomic E-state index is 0.0944. The van der Waals surface area contributed by atoms with Crippen LogP contribution < -0.4 is 16.3 Å². The van der Waals surface area contributed by atoms with Crippen molar-refractivity contribution in [3.05, 3.63) is 106 Å². The van der Waals surface area contributed by atoms with E-state index in [0.717, 1.165) is 131 Å². The number of nitrogens with zero attached hydrogens (tertiary/aromatic N) is 7. The highest BCUT2D eigenvalue weighted by molar-refractivity contribution is 6.00. The van der Waals surface area contributed by atoms with Gasteiger partial charge in [-0.1, -0.05) is 62.4 Å². The zero-order chi connectivity index (χ0) is 47.7. The Kier molecular flexibility index (Phi) is 13.5. The average Bonchev–Trinajstić information content (AvgIpc) is 3.81. The minimum atomic E-state index is -4.98. The van der Waals surface area contributed by atoms with Crippen LogP contribution in [0.15, 0.2) is 77.9 Å². The largest absolute Gasteiger partial charge is 0.416 e. The van der Waals surface area contributed by atoms with Crippen molar-refractivity contribution in [3.63, 3.8) is 0 Å². The molecule has 1 atom stereocenters. The van der Waals surface area contributed by atoms with Gasteiger partial charge in [0.1, 0.15) is 11.7 Å². The smallest absolute Gasteiger partial charge is 0.329 e. The standard InChI is InChI=1S/C50H55F6N9O3/c1-61-43-25-32(14-17-41(43)65(48(61)68)42-18-19-44(66)59-46(42)67)9-5-2-3-8-20-62-21-23-63(24-22-62)30-33-12-15-34(16-13-33)40-31-64(38-10-6-4-7-11-38)45-39(40)29-57-47(60-45)58-37-27-35(49(51,52)53)26-36(28-37)50(54,55)56/h12-17,25-29,31,38,42H,2-11,18-24,30H2,1H3,(H,57,58,60)(H,59,66,67). The molecule has 2 aliphatic heterocycles. The van der Waals surface area contributed by atoms with Gasteiger partial charge in [0.15, 0.2) is 0 Å². The van der Waals surface area contributed by atoms with Crippen molar-refractivity contribution in [2.24, 2.45) is 7.05 Å². The summed E-state index contributed by atoms with van der Waals surface area (Å²) in [5.74, 6) is -0.838. The number of fused-ring (bicyclic) bond motifs is 2. The van der Waals surface area contributed by atoms with Gasteiger partial charge in [0.2, 0.25) is 17.8 Å². The average molecular weight is 944 g/mol. The number of carbonyl (C=O) groups excluding carboxylic acids is 2. The quantitative estimate of drug-likeness (QED) is 0.0629. The molecule has 360 valence electrons. The van der Waals surface area contributed by atoms with Gasteiger partial charge in [-0.2, -0.15) is 31.3 Å². The summed E-state index contributed by atoms with van der Waals surface area (Å²) in [6.45, 7) is 5.83. The second-order valence-corrected chi connectivity index (χ2v) is 18.6. The van der Waals surface area contributed by atoms with E-state index in [1.807, 2.05) is 18.2 Å². The molecule has 3 fully saturated rings. The molecule has 2 saturated heterocycles. The van der Waals surface area contributed by atoms with E-state index in [-0.39, 0.29) is 36.1 Å². The van der Waals surface area contributed by atoms with Crippen molar-refractivity contribution in [1.82, 2.24) is 38.8 Å². The van der Waals surface area contributed by atoms with Crippen LogP contribution in [0.3, 0.4) is 0 Å². The molecule has 9 rings (SSSR count). The second kappa shape index (κ2) is 19.5. The summed E-state index contributed by atoms with van der Waals surface area (Å²) in [5.41, 5.74) is 2.76. The van der Waals surface area contributed by atoms with E-state index < -0.39 is 41.1 Å². The van der Waals surface area contributed by atoms with E-state index >= 15 is 0 Å². The van der Waals surface area contributed by atoms with Crippen molar-refractivity contribution in [3.8, 4) is 11.1 Å². The van der Waals surface area contributed by atoms with Gasteiger partial charge in [-0.3, -0.25) is 28.9 Å². The van der Waals surface area contributed by atoms with Crippen molar-refractivity contribution in [2.75, 3.05) is 38.0 Å². The Labute approximate surface area is 389 Å². The lowest BCUT2D eigenvalue weighted by Crippen LogP contribution is -2.46. The highest BCUT2D eigenvalue weighted by Gasteiger charge is 2.37. The van der Waals surface area contributed by atoms with Crippen LogP contribution in [-0.4, -0.2) is 78.0 Å². The molecule has 1 saturated carbocycles. The second-order valence-electron chi connectivity index (χ2n) is 18.6. The normalized spacial score (nSPS) is 18.2. The topological polar surface area (TPSA) is 122 Å². The number of piperazine rings is 1. The van der Waals surface area contributed by atoms with E-state index in [2.05, 4.69) is 60.4 Å². The number of aryl methyl sites for hydroxylation is 2. The van der Waals surface area contributed by atoms with Gasteiger partial charge in [-0.05, 0) is 92.1 Å². The van der Waals surface area contributed by atoms with E-state index in [9.17, 15) is 40.7 Å². The molecule has 2 amide bonds. The summed E-state index contributed by atoms with van der Waals surface area (Å²) >= 11 is 0. The van der Waals surface area contributed by atoms with E-state index in [1.165, 1.54) is 10.1 Å². The van der Waals surface area contributed by atoms with Gasteiger partial charge < -0.3 is 14.8 Å². The molecule has 12 nitrogen and oxygen atoms in total. The molecule has 0 spiro atoms. The molecule has 18 heteroatoms. The molecule has 3 aromatic carbocycles. The highest BCUT2D eigenvalue weighted by Crippen LogP contribution is 2.40. The molecular formula is C50H55F6N9O3. The van der Waals surface area contributed by atoms with Crippen LogP contribution in [0.2, 0.25) is 0 Å². The highest BCUT2D eigenvalue weighted by atomic mass is 19.4. The fraction of sp³-hybridized carbons (Fsp3) is 0.460. The first kappa shape index (κ1) is 47.1. The first-order valence-electron chi connectivity index (χ1n) is 23.6. The number of imidazole rings is 1. The summed E-state index contributed by atoms with van der Waals surface area (Å²) in [6, 6.07) is 15.2. The number of hydrogen-bond donors (Lipinski definition) is 2. The van der Waals surface area contributed by atoms with Crippen LogP contribution in [0.4, 0.5) is 38.0 Å². The molecule has 1 aliphatic carbocycles. The summed E-state index contributed by atoms with van der Waals surface area (Å²) < 4.78 is 86.8. The Hall–Kier alpha value is -6.01. The number of imide groups is 1. The number of carbonyl (C=O) groups is 2. The Morgan fingerprint density at radius 1 is 0.750 bits per heavy atom. The Bertz CT molecular complexity index is 2820. The minimum Gasteiger partial charge on any atom is -0.329 e. The molecule has 68 heavy (non-hydrogen) atoms. The maximum Gasteiger partial charge on any atom is 0.416 e. The maximum absolute atomic E-state index is 13.6. The maximum atomic E-state index is 13.6. The van der Waals surface area contributed by atoms with Crippen molar-refractivity contribution in [2.45, 2.75) is 108 Å². The van der Waals surface area contributed by atoms with Crippen LogP contribution in [0, 0.1) is 0 Å².